The molecule has 1 unspecified atom stereocenters. The molecule has 1 N–H and O–H groups in total. The van der Waals surface area contributed by atoms with Gasteiger partial charge in [0.2, 0.25) is 0 Å². The van der Waals surface area contributed by atoms with Crippen LogP contribution in [0.4, 0.5) is 0 Å². The molecule has 0 saturated heterocycles. The van der Waals surface area contributed by atoms with Gasteiger partial charge in [-0.3, -0.25) is 0 Å². The Morgan fingerprint density at radius 2 is 2.30 bits per heavy atom. The fraction of sp³-hybridized carbons (Fsp3) is 0.562. The Balaban J connectivity index is 2.02. The van der Waals surface area contributed by atoms with Crippen LogP contribution in [0.2, 0.25) is 0 Å². The van der Waals surface area contributed by atoms with Crippen LogP contribution in [0, 0.1) is 12.3 Å². The molecular weight excluding hydrogens is 268 g/mol. The first-order chi connectivity index (χ1) is 9.50. The van der Waals surface area contributed by atoms with Crippen LogP contribution >= 0.6 is 11.3 Å². The first-order valence-electron chi connectivity index (χ1n) is 7.27. The number of thiazole rings is 1. The molecule has 0 bridgehead atoms. The molecule has 0 aromatic carbocycles. The highest BCUT2D eigenvalue weighted by molar-refractivity contribution is 7.15. The number of aryl methyl sites for hydroxylation is 1. The van der Waals surface area contributed by atoms with E-state index in [1.54, 1.807) is 17.6 Å². The van der Waals surface area contributed by atoms with Crippen LogP contribution in [0.3, 0.4) is 0 Å². The molecule has 0 saturated carbocycles. The average Bonchev–Trinajstić information content (AvgIpc) is 2.93. The zero-order chi connectivity index (χ0) is 14.3. The van der Waals surface area contributed by atoms with Crippen molar-refractivity contribution < 1.29 is 4.42 Å². The first-order valence-corrected chi connectivity index (χ1v) is 8.09. The van der Waals surface area contributed by atoms with Crippen molar-refractivity contribution in [3.05, 3.63) is 28.5 Å². The van der Waals surface area contributed by atoms with Crippen molar-refractivity contribution in [1.29, 1.82) is 0 Å². The average molecular weight is 290 g/mol. The van der Waals surface area contributed by atoms with Gasteiger partial charge < -0.3 is 9.73 Å². The van der Waals surface area contributed by atoms with Gasteiger partial charge in [-0.2, -0.15) is 0 Å². The molecule has 2 heterocycles. The number of hydrogen-bond donors (Lipinski definition) is 1. The summed E-state index contributed by atoms with van der Waals surface area (Å²) >= 11 is 1.79. The Morgan fingerprint density at radius 1 is 1.50 bits per heavy atom. The van der Waals surface area contributed by atoms with E-state index >= 15 is 0 Å². The number of fused-ring (bicyclic) bond motifs is 1. The normalized spacial score (nSPS) is 20.9. The van der Waals surface area contributed by atoms with Crippen molar-refractivity contribution in [2.24, 2.45) is 5.41 Å². The minimum atomic E-state index is 0.309. The van der Waals surface area contributed by atoms with Crippen molar-refractivity contribution in [2.45, 2.75) is 46.6 Å². The van der Waals surface area contributed by atoms with E-state index in [0.29, 0.717) is 11.5 Å². The standard InChI is InChI=1S/C16H22N2OS/c1-5-17-11-8-16(3,4)9-12-14(11)20-15(18-12)13-10(2)6-7-19-13/h6-7,11,17H,5,8-9H2,1-4H3. The van der Waals surface area contributed by atoms with Gasteiger partial charge in [0.25, 0.3) is 0 Å². The molecule has 3 rings (SSSR count). The predicted octanol–water partition coefficient (Wildman–Crippen LogP) is 4.33. The zero-order valence-corrected chi connectivity index (χ0v) is 13.4. The summed E-state index contributed by atoms with van der Waals surface area (Å²) in [7, 11) is 0. The van der Waals surface area contributed by atoms with E-state index < -0.39 is 0 Å². The van der Waals surface area contributed by atoms with Gasteiger partial charge in [-0.1, -0.05) is 20.8 Å². The van der Waals surface area contributed by atoms with E-state index in [2.05, 4.69) is 33.0 Å². The van der Waals surface area contributed by atoms with Gasteiger partial charge >= 0.3 is 0 Å². The first kappa shape index (κ1) is 13.8. The summed E-state index contributed by atoms with van der Waals surface area (Å²) in [6.07, 6.45) is 3.98. The Hall–Kier alpha value is -1.13. The lowest BCUT2D eigenvalue weighted by Gasteiger charge is -2.34. The maximum absolute atomic E-state index is 5.60. The minimum absolute atomic E-state index is 0.309. The summed E-state index contributed by atoms with van der Waals surface area (Å²) in [6.45, 7) is 9.90. The molecule has 0 amide bonds. The van der Waals surface area contributed by atoms with Gasteiger partial charge in [0.15, 0.2) is 10.8 Å². The molecule has 0 spiro atoms. The van der Waals surface area contributed by atoms with Gasteiger partial charge in [-0.15, -0.1) is 11.3 Å². The maximum atomic E-state index is 5.60. The van der Waals surface area contributed by atoms with E-state index in [1.807, 2.05) is 6.07 Å². The highest BCUT2D eigenvalue weighted by Gasteiger charge is 2.35. The van der Waals surface area contributed by atoms with Gasteiger partial charge in [0.1, 0.15) is 0 Å². The summed E-state index contributed by atoms with van der Waals surface area (Å²) in [5.74, 6) is 0.928. The Kier molecular flexibility index (Phi) is 3.46. The quantitative estimate of drug-likeness (QED) is 0.914. The number of aromatic nitrogens is 1. The Morgan fingerprint density at radius 3 is 2.95 bits per heavy atom. The Bertz CT molecular complexity index is 612. The highest BCUT2D eigenvalue weighted by Crippen LogP contribution is 2.45. The highest BCUT2D eigenvalue weighted by atomic mass is 32.1. The molecule has 1 atom stereocenters. The largest absolute Gasteiger partial charge is 0.462 e. The maximum Gasteiger partial charge on any atom is 0.165 e. The molecule has 3 nitrogen and oxygen atoms in total. The van der Waals surface area contributed by atoms with Crippen molar-refractivity contribution in [2.75, 3.05) is 6.54 Å². The lowest BCUT2D eigenvalue weighted by Crippen LogP contribution is -2.32. The second-order valence-electron chi connectivity index (χ2n) is 6.42. The third-order valence-corrected chi connectivity index (χ3v) is 5.16. The Labute approximate surface area is 124 Å². The fourth-order valence-corrected chi connectivity index (χ4v) is 4.24. The summed E-state index contributed by atoms with van der Waals surface area (Å²) in [5.41, 5.74) is 2.72. The van der Waals surface area contributed by atoms with Crippen LogP contribution in [0.1, 0.15) is 49.4 Å². The number of furan rings is 1. The van der Waals surface area contributed by atoms with Crippen LogP contribution in [0.25, 0.3) is 10.8 Å². The van der Waals surface area contributed by atoms with Crippen LogP contribution in [0.5, 0.6) is 0 Å². The zero-order valence-electron chi connectivity index (χ0n) is 12.6. The van der Waals surface area contributed by atoms with E-state index in [4.69, 9.17) is 9.40 Å². The second kappa shape index (κ2) is 5.01. The number of rotatable bonds is 3. The molecule has 2 aromatic rings. The SMILES string of the molecule is CCNC1CC(C)(C)Cc2nc(-c3occc3C)sc21. The number of nitrogens with zero attached hydrogens (tertiary/aromatic N) is 1. The smallest absolute Gasteiger partial charge is 0.165 e. The van der Waals surface area contributed by atoms with Crippen molar-refractivity contribution >= 4 is 11.3 Å². The van der Waals surface area contributed by atoms with Crippen LogP contribution < -0.4 is 5.32 Å². The summed E-state index contributed by atoms with van der Waals surface area (Å²) < 4.78 is 5.60. The monoisotopic (exact) mass is 290 g/mol. The third kappa shape index (κ3) is 2.42. The summed E-state index contributed by atoms with van der Waals surface area (Å²) in [4.78, 5) is 6.27. The topological polar surface area (TPSA) is 38.1 Å². The molecule has 108 valence electrons. The van der Waals surface area contributed by atoms with Gasteiger partial charge in [-0.05, 0) is 43.4 Å². The van der Waals surface area contributed by atoms with Crippen molar-refractivity contribution in [1.82, 2.24) is 10.3 Å². The second-order valence-corrected chi connectivity index (χ2v) is 7.45. The summed E-state index contributed by atoms with van der Waals surface area (Å²) in [5, 5.41) is 4.64. The fourth-order valence-electron chi connectivity index (χ4n) is 3.03. The summed E-state index contributed by atoms with van der Waals surface area (Å²) in [6, 6.07) is 2.43. The van der Waals surface area contributed by atoms with E-state index in [0.717, 1.165) is 29.3 Å². The van der Waals surface area contributed by atoms with Crippen LogP contribution in [0.15, 0.2) is 16.7 Å². The van der Waals surface area contributed by atoms with E-state index in [1.165, 1.54) is 17.0 Å². The lowest BCUT2D eigenvalue weighted by molar-refractivity contribution is 0.260. The van der Waals surface area contributed by atoms with Crippen LogP contribution in [-0.4, -0.2) is 11.5 Å². The third-order valence-electron chi connectivity index (χ3n) is 3.95. The molecule has 1 aliphatic rings. The molecule has 4 heteroatoms. The molecular formula is C16H22N2OS. The molecule has 0 radical (unpaired) electrons. The van der Waals surface area contributed by atoms with Crippen molar-refractivity contribution in [3.63, 3.8) is 0 Å². The molecule has 0 aliphatic heterocycles. The lowest BCUT2D eigenvalue weighted by atomic mass is 9.76. The van der Waals surface area contributed by atoms with E-state index in [9.17, 15) is 0 Å². The van der Waals surface area contributed by atoms with E-state index in [-0.39, 0.29) is 0 Å². The van der Waals surface area contributed by atoms with Gasteiger partial charge in [0, 0.05) is 10.9 Å². The predicted molar refractivity (Wildman–Crippen MR) is 83.1 cm³/mol. The minimum Gasteiger partial charge on any atom is -0.462 e. The number of hydrogen-bond acceptors (Lipinski definition) is 4. The van der Waals surface area contributed by atoms with Gasteiger partial charge in [0.05, 0.1) is 12.0 Å². The molecule has 20 heavy (non-hydrogen) atoms. The molecule has 0 fully saturated rings. The van der Waals surface area contributed by atoms with Gasteiger partial charge in [-0.25, -0.2) is 4.98 Å². The molecule has 2 aromatic heterocycles. The van der Waals surface area contributed by atoms with Crippen molar-refractivity contribution in [3.8, 4) is 10.8 Å². The van der Waals surface area contributed by atoms with Crippen LogP contribution in [-0.2, 0) is 6.42 Å². The molecule has 1 aliphatic carbocycles. The number of nitrogens with one attached hydrogen (secondary N) is 1.